The molecule has 0 aromatic rings. The lowest BCUT2D eigenvalue weighted by atomic mass is 10.2. The maximum absolute atomic E-state index is 5.57. The van der Waals surface area contributed by atoms with Crippen molar-refractivity contribution in [2.24, 2.45) is 4.99 Å². The number of rotatable bonds is 5. The fraction of sp³-hybridized carbons (Fsp3) is 0.947. The van der Waals surface area contributed by atoms with Crippen LogP contribution in [0.25, 0.3) is 0 Å². The second kappa shape index (κ2) is 9.88. The summed E-state index contributed by atoms with van der Waals surface area (Å²) in [5, 5.41) is 3.51. The number of nitrogens with one attached hydrogen (secondary N) is 1. The Morgan fingerprint density at radius 2 is 1.92 bits per heavy atom. The molecule has 3 rings (SSSR count). The number of morpholine rings is 2. The van der Waals surface area contributed by atoms with Crippen LogP contribution in [0.5, 0.6) is 0 Å². The first-order valence-corrected chi connectivity index (χ1v) is 10.4. The van der Waals surface area contributed by atoms with Crippen LogP contribution < -0.4 is 5.32 Å². The van der Waals surface area contributed by atoms with Gasteiger partial charge in [0.15, 0.2) is 5.96 Å². The molecule has 0 radical (unpaired) electrons. The minimum absolute atomic E-state index is 0.445. The minimum Gasteiger partial charge on any atom is -0.379 e. The summed E-state index contributed by atoms with van der Waals surface area (Å²) in [6, 6.07) is 1.56. The summed E-state index contributed by atoms with van der Waals surface area (Å²) in [5.74, 6) is 1.08. The summed E-state index contributed by atoms with van der Waals surface area (Å²) >= 11 is 0. The van der Waals surface area contributed by atoms with Gasteiger partial charge in [-0.25, -0.2) is 0 Å². The summed E-state index contributed by atoms with van der Waals surface area (Å²) in [7, 11) is 0. The van der Waals surface area contributed by atoms with Gasteiger partial charge in [-0.2, -0.15) is 0 Å². The summed E-state index contributed by atoms with van der Waals surface area (Å²) in [4.78, 5) is 12.5. The van der Waals surface area contributed by atoms with E-state index in [-0.39, 0.29) is 0 Å². The van der Waals surface area contributed by atoms with Crippen LogP contribution in [0.15, 0.2) is 4.99 Å². The molecule has 3 aliphatic rings. The zero-order valence-electron chi connectivity index (χ0n) is 16.8. The summed E-state index contributed by atoms with van der Waals surface area (Å²) in [6.45, 7) is 17.2. The number of hydrogen-bond donors (Lipinski definition) is 1. The van der Waals surface area contributed by atoms with Crippen molar-refractivity contribution >= 4 is 5.96 Å². The van der Waals surface area contributed by atoms with Gasteiger partial charge in [-0.1, -0.05) is 0 Å². The predicted molar refractivity (Wildman–Crippen MR) is 105 cm³/mol. The van der Waals surface area contributed by atoms with Crippen molar-refractivity contribution in [3.05, 3.63) is 0 Å². The molecule has 0 saturated carbocycles. The largest absolute Gasteiger partial charge is 0.379 e. The maximum Gasteiger partial charge on any atom is 0.194 e. The van der Waals surface area contributed by atoms with E-state index in [1.54, 1.807) is 0 Å². The van der Waals surface area contributed by atoms with E-state index in [1.165, 1.54) is 6.42 Å². The zero-order chi connectivity index (χ0) is 18.4. The van der Waals surface area contributed by atoms with Gasteiger partial charge < -0.3 is 19.7 Å². The van der Waals surface area contributed by atoms with Gasteiger partial charge in [0.2, 0.25) is 0 Å². The second-order valence-electron chi connectivity index (χ2n) is 7.74. The van der Waals surface area contributed by atoms with Crippen molar-refractivity contribution in [2.45, 2.75) is 45.3 Å². The smallest absolute Gasteiger partial charge is 0.194 e. The monoisotopic (exact) mass is 367 g/mol. The Labute approximate surface area is 158 Å². The van der Waals surface area contributed by atoms with Crippen LogP contribution in [0.3, 0.4) is 0 Å². The molecule has 3 atom stereocenters. The number of ether oxygens (including phenoxy) is 2. The Balaban J connectivity index is 1.55. The maximum atomic E-state index is 5.57. The average Bonchev–Trinajstić information content (AvgIpc) is 3.16. The number of guanidine groups is 1. The highest BCUT2D eigenvalue weighted by Gasteiger charge is 2.30. The Bertz CT molecular complexity index is 455. The molecule has 7 nitrogen and oxygen atoms in total. The van der Waals surface area contributed by atoms with Gasteiger partial charge >= 0.3 is 0 Å². The van der Waals surface area contributed by atoms with Crippen LogP contribution in [0, 0.1) is 0 Å². The SMILES string of the molecule is CCNC(=NCC(C)N1CCOCC1C)N1CCC(N2CCOCC2)C1. The van der Waals surface area contributed by atoms with Crippen molar-refractivity contribution in [1.29, 1.82) is 0 Å². The molecule has 7 heteroatoms. The third kappa shape index (κ3) is 5.09. The van der Waals surface area contributed by atoms with E-state index < -0.39 is 0 Å². The first-order chi connectivity index (χ1) is 12.7. The molecule has 26 heavy (non-hydrogen) atoms. The molecule has 0 amide bonds. The van der Waals surface area contributed by atoms with Gasteiger partial charge in [0.1, 0.15) is 0 Å². The lowest BCUT2D eigenvalue weighted by molar-refractivity contribution is -0.0166. The molecule has 0 aliphatic carbocycles. The topological polar surface area (TPSA) is 52.6 Å². The Morgan fingerprint density at radius 3 is 2.65 bits per heavy atom. The molecule has 0 spiro atoms. The molecule has 0 aromatic carbocycles. The number of nitrogens with zero attached hydrogens (tertiary/aromatic N) is 4. The van der Waals surface area contributed by atoms with Crippen LogP contribution >= 0.6 is 0 Å². The van der Waals surface area contributed by atoms with Crippen LogP contribution in [-0.2, 0) is 9.47 Å². The fourth-order valence-corrected chi connectivity index (χ4v) is 4.32. The van der Waals surface area contributed by atoms with Crippen LogP contribution in [-0.4, -0.2) is 111 Å². The van der Waals surface area contributed by atoms with Crippen LogP contribution in [0.2, 0.25) is 0 Å². The Hall–Kier alpha value is -0.890. The van der Waals surface area contributed by atoms with E-state index in [1.807, 2.05) is 0 Å². The van der Waals surface area contributed by atoms with Gasteiger partial charge in [0.05, 0.1) is 33.0 Å². The van der Waals surface area contributed by atoms with E-state index >= 15 is 0 Å². The molecular formula is C19H37N5O2. The summed E-state index contributed by atoms with van der Waals surface area (Å²) in [5.41, 5.74) is 0. The zero-order valence-corrected chi connectivity index (χ0v) is 16.8. The van der Waals surface area contributed by atoms with Gasteiger partial charge in [-0.15, -0.1) is 0 Å². The van der Waals surface area contributed by atoms with E-state index in [2.05, 4.69) is 40.8 Å². The molecule has 1 N–H and O–H groups in total. The van der Waals surface area contributed by atoms with Gasteiger partial charge in [-0.05, 0) is 27.2 Å². The number of aliphatic imine (C=N–C) groups is 1. The number of hydrogen-bond acceptors (Lipinski definition) is 5. The van der Waals surface area contributed by atoms with Crippen molar-refractivity contribution in [2.75, 3.05) is 72.2 Å². The molecule has 0 aromatic heterocycles. The third-order valence-electron chi connectivity index (χ3n) is 5.85. The quantitative estimate of drug-likeness (QED) is 0.563. The van der Waals surface area contributed by atoms with Crippen LogP contribution in [0.1, 0.15) is 27.2 Å². The molecular weight excluding hydrogens is 330 g/mol. The van der Waals surface area contributed by atoms with Crippen molar-refractivity contribution < 1.29 is 9.47 Å². The van der Waals surface area contributed by atoms with Crippen LogP contribution in [0.4, 0.5) is 0 Å². The van der Waals surface area contributed by atoms with Gasteiger partial charge in [0.25, 0.3) is 0 Å². The highest BCUT2D eigenvalue weighted by Crippen LogP contribution is 2.17. The molecule has 3 heterocycles. The highest BCUT2D eigenvalue weighted by atomic mass is 16.5. The normalized spacial score (nSPS) is 30.6. The summed E-state index contributed by atoms with van der Waals surface area (Å²) < 4.78 is 11.1. The van der Waals surface area contributed by atoms with E-state index in [0.717, 1.165) is 78.2 Å². The first kappa shape index (κ1) is 19.9. The molecule has 3 unspecified atom stereocenters. The van der Waals surface area contributed by atoms with Gasteiger partial charge in [0, 0.05) is 57.4 Å². The van der Waals surface area contributed by atoms with E-state index in [9.17, 15) is 0 Å². The molecule has 150 valence electrons. The Morgan fingerprint density at radius 1 is 1.15 bits per heavy atom. The number of likely N-dealkylation sites (tertiary alicyclic amines) is 1. The molecule has 3 aliphatic heterocycles. The highest BCUT2D eigenvalue weighted by molar-refractivity contribution is 5.80. The van der Waals surface area contributed by atoms with Crippen molar-refractivity contribution in [3.8, 4) is 0 Å². The summed E-state index contributed by atoms with van der Waals surface area (Å²) in [6.07, 6.45) is 1.22. The Kier molecular flexibility index (Phi) is 7.54. The first-order valence-electron chi connectivity index (χ1n) is 10.4. The standard InChI is InChI=1S/C19H37N5O2/c1-4-20-19(21-13-16(2)24-9-12-26-15-17(24)3)23-6-5-18(14-23)22-7-10-25-11-8-22/h16-18H,4-15H2,1-3H3,(H,20,21). The van der Waals surface area contributed by atoms with Gasteiger partial charge in [-0.3, -0.25) is 14.8 Å². The molecule has 0 bridgehead atoms. The fourth-order valence-electron chi connectivity index (χ4n) is 4.32. The average molecular weight is 368 g/mol. The van der Waals surface area contributed by atoms with Crippen molar-refractivity contribution in [1.82, 2.24) is 20.0 Å². The van der Waals surface area contributed by atoms with Crippen molar-refractivity contribution in [3.63, 3.8) is 0 Å². The van der Waals surface area contributed by atoms with E-state index in [4.69, 9.17) is 14.5 Å². The molecule has 3 saturated heterocycles. The van der Waals surface area contributed by atoms with E-state index in [0.29, 0.717) is 18.1 Å². The molecule has 3 fully saturated rings. The lowest BCUT2D eigenvalue weighted by Crippen LogP contribution is -2.50. The lowest BCUT2D eigenvalue weighted by Gasteiger charge is -2.37. The minimum atomic E-state index is 0.445. The third-order valence-corrected chi connectivity index (χ3v) is 5.85. The predicted octanol–water partition coefficient (Wildman–Crippen LogP) is 0.468. The second-order valence-corrected chi connectivity index (χ2v) is 7.74.